The Bertz CT molecular complexity index is 805. The number of nitrogens with one attached hydrogen (secondary N) is 1. The molecule has 0 unspecified atom stereocenters. The number of ether oxygens (including phenoxy) is 1. The lowest BCUT2D eigenvalue weighted by atomic mass is 10.1. The number of benzene rings is 2. The van der Waals surface area contributed by atoms with Crippen molar-refractivity contribution in [2.75, 3.05) is 7.11 Å². The highest BCUT2D eigenvalue weighted by atomic mass is 16.5. The molecule has 0 saturated carbocycles. The molecule has 1 N–H and O–H groups in total. The predicted molar refractivity (Wildman–Crippen MR) is 96.0 cm³/mol. The van der Waals surface area contributed by atoms with Crippen LogP contribution >= 0.6 is 0 Å². The number of methoxy groups -OCH3 is 1. The van der Waals surface area contributed by atoms with Gasteiger partial charge in [-0.1, -0.05) is 42.0 Å². The second-order valence-corrected chi connectivity index (χ2v) is 5.80. The van der Waals surface area contributed by atoms with E-state index < -0.39 is 0 Å². The van der Waals surface area contributed by atoms with E-state index in [2.05, 4.69) is 10.3 Å². The first-order valence-corrected chi connectivity index (χ1v) is 7.94. The Hall–Kier alpha value is -2.88. The third-order valence-corrected chi connectivity index (χ3v) is 3.90. The lowest BCUT2D eigenvalue weighted by molar-refractivity contribution is -0.115. The number of carbonyl (C=O) groups is 1. The summed E-state index contributed by atoms with van der Waals surface area (Å²) in [6, 6.07) is 15.9. The molecular weight excluding hydrogens is 300 g/mol. The van der Waals surface area contributed by atoms with E-state index in [9.17, 15) is 4.79 Å². The van der Waals surface area contributed by atoms with Gasteiger partial charge in [-0.25, -0.2) is 4.99 Å². The number of carbonyl (C=O) groups excluding carboxylic acids is 1. The first kappa shape index (κ1) is 16.0. The lowest BCUT2D eigenvalue weighted by Crippen LogP contribution is -2.24. The fourth-order valence-corrected chi connectivity index (χ4v) is 2.61. The molecule has 1 amide bonds. The van der Waals surface area contributed by atoms with Crippen molar-refractivity contribution in [3.8, 4) is 5.75 Å². The monoisotopic (exact) mass is 320 g/mol. The van der Waals surface area contributed by atoms with E-state index in [0.717, 1.165) is 29.1 Å². The summed E-state index contributed by atoms with van der Waals surface area (Å²) in [6.07, 6.45) is 3.34. The van der Waals surface area contributed by atoms with E-state index in [4.69, 9.17) is 4.74 Å². The predicted octanol–water partition coefficient (Wildman–Crippen LogP) is 3.51. The smallest absolute Gasteiger partial charge is 0.275 e. The van der Waals surface area contributed by atoms with Crippen LogP contribution in [0.1, 0.15) is 23.1 Å². The van der Waals surface area contributed by atoms with Crippen LogP contribution in [-0.4, -0.2) is 18.9 Å². The average molecular weight is 320 g/mol. The second-order valence-electron chi connectivity index (χ2n) is 5.80. The molecule has 122 valence electrons. The van der Waals surface area contributed by atoms with Crippen LogP contribution in [0, 0.1) is 6.92 Å². The molecule has 3 rings (SSSR count). The third-order valence-electron chi connectivity index (χ3n) is 3.90. The maximum Gasteiger partial charge on any atom is 0.275 e. The molecule has 0 spiro atoms. The normalized spacial score (nSPS) is 15.3. The van der Waals surface area contributed by atoms with Crippen LogP contribution in [0.4, 0.5) is 0 Å². The zero-order chi connectivity index (χ0) is 16.9. The molecule has 1 aliphatic rings. The molecule has 2 aromatic rings. The maximum atomic E-state index is 12.1. The zero-order valence-corrected chi connectivity index (χ0v) is 13.9. The van der Waals surface area contributed by atoms with Crippen LogP contribution in [-0.2, 0) is 11.2 Å². The number of amidine groups is 1. The van der Waals surface area contributed by atoms with Crippen LogP contribution in [0.5, 0.6) is 5.75 Å². The van der Waals surface area contributed by atoms with Gasteiger partial charge in [0.2, 0.25) is 0 Å². The number of hydrogen-bond acceptors (Lipinski definition) is 3. The highest BCUT2D eigenvalue weighted by Gasteiger charge is 2.19. The first-order chi connectivity index (χ1) is 11.6. The number of amides is 1. The first-order valence-electron chi connectivity index (χ1n) is 7.94. The van der Waals surface area contributed by atoms with E-state index in [1.807, 2.05) is 61.5 Å². The summed E-state index contributed by atoms with van der Waals surface area (Å²) in [5.74, 6) is 1.42. The third kappa shape index (κ3) is 3.90. The highest BCUT2D eigenvalue weighted by molar-refractivity contribution is 6.14. The number of rotatable bonds is 5. The lowest BCUT2D eigenvalue weighted by Gasteiger charge is -2.03. The van der Waals surface area contributed by atoms with Crippen LogP contribution in [0.2, 0.25) is 0 Å². The molecule has 0 atom stereocenters. The van der Waals surface area contributed by atoms with Gasteiger partial charge in [0.15, 0.2) is 0 Å². The van der Waals surface area contributed by atoms with Crippen molar-refractivity contribution in [3.63, 3.8) is 0 Å². The Morgan fingerprint density at radius 1 is 1.12 bits per heavy atom. The van der Waals surface area contributed by atoms with E-state index in [0.29, 0.717) is 12.1 Å². The van der Waals surface area contributed by atoms with Gasteiger partial charge in [-0.3, -0.25) is 4.79 Å². The molecule has 1 aliphatic heterocycles. The molecule has 0 aromatic heterocycles. The van der Waals surface area contributed by atoms with Gasteiger partial charge in [-0.05, 0) is 42.7 Å². The maximum absolute atomic E-state index is 12.1. The molecular formula is C20H20N2O2. The van der Waals surface area contributed by atoms with Crippen molar-refractivity contribution in [1.82, 2.24) is 5.32 Å². The summed E-state index contributed by atoms with van der Waals surface area (Å²) in [7, 11) is 1.65. The summed E-state index contributed by atoms with van der Waals surface area (Å²) in [4.78, 5) is 16.5. The second kappa shape index (κ2) is 7.13. The van der Waals surface area contributed by atoms with Gasteiger partial charge in [0.25, 0.3) is 5.91 Å². The SMILES string of the molecule is COc1ccc(CCC2=N/C(=C/c3cccc(C)c3)C(=O)N2)cc1. The zero-order valence-electron chi connectivity index (χ0n) is 13.9. The molecule has 0 radical (unpaired) electrons. The van der Waals surface area contributed by atoms with Crippen molar-refractivity contribution in [1.29, 1.82) is 0 Å². The van der Waals surface area contributed by atoms with Gasteiger partial charge in [0.05, 0.1) is 7.11 Å². The van der Waals surface area contributed by atoms with Crippen molar-refractivity contribution in [3.05, 3.63) is 70.9 Å². The Kier molecular flexibility index (Phi) is 4.75. The van der Waals surface area contributed by atoms with Crippen LogP contribution in [0.15, 0.2) is 59.2 Å². The molecule has 4 nitrogen and oxygen atoms in total. The number of aryl methyl sites for hydroxylation is 2. The van der Waals surface area contributed by atoms with Gasteiger partial charge in [-0.15, -0.1) is 0 Å². The highest BCUT2D eigenvalue weighted by Crippen LogP contribution is 2.16. The van der Waals surface area contributed by atoms with Crippen LogP contribution < -0.4 is 10.1 Å². The molecule has 1 heterocycles. The minimum absolute atomic E-state index is 0.138. The van der Waals surface area contributed by atoms with E-state index in [-0.39, 0.29) is 5.91 Å². The van der Waals surface area contributed by atoms with Crippen molar-refractivity contribution in [2.24, 2.45) is 4.99 Å². The minimum atomic E-state index is -0.138. The molecule has 24 heavy (non-hydrogen) atoms. The number of nitrogens with zero attached hydrogens (tertiary/aromatic N) is 1. The number of aliphatic imine (C=N–C) groups is 1. The Morgan fingerprint density at radius 2 is 1.92 bits per heavy atom. The standard InChI is InChI=1S/C20H20N2O2/c1-14-4-3-5-16(12-14)13-18-20(23)22-19(21-18)11-8-15-6-9-17(24-2)10-7-15/h3-7,9-10,12-13H,8,11H2,1-2H3,(H,21,22,23)/b18-13+. The molecule has 0 bridgehead atoms. The average Bonchev–Trinajstić information content (AvgIpc) is 2.93. The van der Waals surface area contributed by atoms with Gasteiger partial charge < -0.3 is 10.1 Å². The Balaban J connectivity index is 1.67. The summed E-state index contributed by atoms with van der Waals surface area (Å²) >= 11 is 0. The molecule has 0 aliphatic carbocycles. The molecule has 0 fully saturated rings. The quantitative estimate of drug-likeness (QED) is 0.857. The van der Waals surface area contributed by atoms with Gasteiger partial charge in [0, 0.05) is 6.42 Å². The van der Waals surface area contributed by atoms with Crippen LogP contribution in [0.25, 0.3) is 6.08 Å². The summed E-state index contributed by atoms with van der Waals surface area (Å²) in [5, 5.41) is 2.85. The van der Waals surface area contributed by atoms with E-state index >= 15 is 0 Å². The fourth-order valence-electron chi connectivity index (χ4n) is 2.61. The largest absolute Gasteiger partial charge is 0.497 e. The minimum Gasteiger partial charge on any atom is -0.497 e. The molecule has 0 saturated heterocycles. The Labute approximate surface area is 141 Å². The van der Waals surface area contributed by atoms with Gasteiger partial charge >= 0.3 is 0 Å². The van der Waals surface area contributed by atoms with Crippen LogP contribution in [0.3, 0.4) is 0 Å². The molecule has 2 aromatic carbocycles. The van der Waals surface area contributed by atoms with Crippen molar-refractivity contribution in [2.45, 2.75) is 19.8 Å². The van der Waals surface area contributed by atoms with E-state index in [1.54, 1.807) is 7.11 Å². The summed E-state index contributed by atoms with van der Waals surface area (Å²) in [5.41, 5.74) is 3.79. The summed E-state index contributed by atoms with van der Waals surface area (Å²) < 4.78 is 5.15. The Morgan fingerprint density at radius 3 is 2.62 bits per heavy atom. The van der Waals surface area contributed by atoms with Gasteiger partial charge in [0.1, 0.15) is 17.3 Å². The molecule has 4 heteroatoms. The van der Waals surface area contributed by atoms with Crippen molar-refractivity contribution < 1.29 is 9.53 Å². The summed E-state index contributed by atoms with van der Waals surface area (Å²) in [6.45, 7) is 2.03. The topological polar surface area (TPSA) is 50.7 Å². The van der Waals surface area contributed by atoms with Gasteiger partial charge in [-0.2, -0.15) is 0 Å². The van der Waals surface area contributed by atoms with E-state index in [1.165, 1.54) is 5.56 Å². The fraction of sp³-hybridized carbons (Fsp3) is 0.200. The number of hydrogen-bond donors (Lipinski definition) is 1. The van der Waals surface area contributed by atoms with Crippen molar-refractivity contribution >= 4 is 17.8 Å².